The summed E-state index contributed by atoms with van der Waals surface area (Å²) in [5.41, 5.74) is 4.74. The molecule has 21 heavy (non-hydrogen) atoms. The normalized spacial score (nSPS) is 13.0. The summed E-state index contributed by atoms with van der Waals surface area (Å²) < 4.78 is 5.54. The Kier molecular flexibility index (Phi) is 2.96. The average Bonchev–Trinajstić information content (AvgIpc) is 3.00. The van der Waals surface area contributed by atoms with Gasteiger partial charge in [0.1, 0.15) is 5.75 Å². The molecule has 3 heteroatoms. The average molecular weight is 276 g/mol. The number of anilines is 1. The van der Waals surface area contributed by atoms with E-state index in [0.717, 1.165) is 41.9 Å². The predicted molar refractivity (Wildman–Crippen MR) is 84.7 cm³/mol. The monoisotopic (exact) mass is 276 g/mol. The lowest BCUT2D eigenvalue weighted by molar-refractivity contribution is 0.357. The summed E-state index contributed by atoms with van der Waals surface area (Å²) in [4.78, 5) is 4.34. The van der Waals surface area contributed by atoms with Gasteiger partial charge >= 0.3 is 0 Å². The Morgan fingerprint density at radius 1 is 1.10 bits per heavy atom. The molecule has 3 nitrogen and oxygen atoms in total. The molecule has 2 aromatic carbocycles. The van der Waals surface area contributed by atoms with Crippen LogP contribution in [-0.2, 0) is 13.0 Å². The third kappa shape index (κ3) is 2.42. The Morgan fingerprint density at radius 2 is 2.10 bits per heavy atom. The molecule has 0 fully saturated rings. The number of ether oxygens (including phenoxy) is 1. The van der Waals surface area contributed by atoms with Crippen molar-refractivity contribution in [3.8, 4) is 5.75 Å². The fourth-order valence-corrected chi connectivity index (χ4v) is 2.74. The molecule has 0 saturated carbocycles. The molecule has 1 N–H and O–H groups in total. The minimum atomic E-state index is 0.809. The molecule has 0 atom stereocenters. The summed E-state index contributed by atoms with van der Waals surface area (Å²) in [7, 11) is 0. The number of nitrogens with zero attached hydrogens (tertiary/aromatic N) is 1. The highest BCUT2D eigenvalue weighted by Crippen LogP contribution is 2.26. The number of benzene rings is 2. The van der Waals surface area contributed by atoms with Crippen LogP contribution < -0.4 is 10.1 Å². The van der Waals surface area contributed by atoms with Gasteiger partial charge in [0.2, 0.25) is 0 Å². The Bertz CT molecular complexity index is 798. The molecule has 1 aromatic heterocycles. The lowest BCUT2D eigenvalue weighted by Crippen LogP contribution is -1.99. The van der Waals surface area contributed by atoms with E-state index in [1.807, 2.05) is 18.3 Å². The number of fused-ring (bicyclic) bond motifs is 2. The highest BCUT2D eigenvalue weighted by molar-refractivity contribution is 5.82. The smallest absolute Gasteiger partial charge is 0.122 e. The predicted octanol–water partition coefficient (Wildman–Crippen LogP) is 3.78. The highest BCUT2D eigenvalue weighted by Gasteiger charge is 2.11. The molecule has 3 aromatic rings. The molecule has 0 amide bonds. The third-order valence-corrected chi connectivity index (χ3v) is 3.85. The van der Waals surface area contributed by atoms with Crippen molar-refractivity contribution in [3.05, 3.63) is 65.9 Å². The van der Waals surface area contributed by atoms with Gasteiger partial charge in [-0.15, -0.1) is 0 Å². The summed E-state index contributed by atoms with van der Waals surface area (Å²) in [6.07, 6.45) is 2.84. The van der Waals surface area contributed by atoms with E-state index < -0.39 is 0 Å². The minimum Gasteiger partial charge on any atom is -0.493 e. The van der Waals surface area contributed by atoms with Crippen LogP contribution >= 0.6 is 0 Å². The van der Waals surface area contributed by atoms with Crippen LogP contribution in [0.5, 0.6) is 5.75 Å². The third-order valence-electron chi connectivity index (χ3n) is 3.85. The second kappa shape index (κ2) is 5.09. The molecule has 0 spiro atoms. The van der Waals surface area contributed by atoms with Gasteiger partial charge < -0.3 is 10.1 Å². The van der Waals surface area contributed by atoms with Crippen LogP contribution in [0.3, 0.4) is 0 Å². The Labute approximate surface area is 123 Å². The van der Waals surface area contributed by atoms with Crippen molar-refractivity contribution in [1.29, 1.82) is 0 Å². The van der Waals surface area contributed by atoms with E-state index >= 15 is 0 Å². The SMILES string of the molecule is c1cnc2ccc(NCc3ccc4c(c3)CCO4)cc2c1. The number of rotatable bonds is 3. The largest absolute Gasteiger partial charge is 0.493 e. The van der Waals surface area contributed by atoms with Gasteiger partial charge in [0.05, 0.1) is 12.1 Å². The first-order chi connectivity index (χ1) is 10.4. The van der Waals surface area contributed by atoms with Crippen molar-refractivity contribution in [2.45, 2.75) is 13.0 Å². The molecular formula is C18H16N2O. The van der Waals surface area contributed by atoms with Crippen LogP contribution in [0, 0.1) is 0 Å². The van der Waals surface area contributed by atoms with E-state index in [9.17, 15) is 0 Å². The minimum absolute atomic E-state index is 0.809. The first kappa shape index (κ1) is 12.2. The first-order valence-corrected chi connectivity index (χ1v) is 7.22. The maximum atomic E-state index is 5.54. The van der Waals surface area contributed by atoms with Gasteiger partial charge in [-0.25, -0.2) is 0 Å². The summed E-state index contributed by atoms with van der Waals surface area (Å²) in [6, 6.07) is 16.7. The zero-order chi connectivity index (χ0) is 14.1. The second-order valence-corrected chi connectivity index (χ2v) is 5.30. The fraction of sp³-hybridized carbons (Fsp3) is 0.167. The topological polar surface area (TPSA) is 34.2 Å². The van der Waals surface area contributed by atoms with E-state index in [1.54, 1.807) is 0 Å². The summed E-state index contributed by atoms with van der Waals surface area (Å²) in [5.74, 6) is 1.04. The zero-order valence-electron chi connectivity index (χ0n) is 11.7. The number of aromatic nitrogens is 1. The Hall–Kier alpha value is -2.55. The van der Waals surface area contributed by atoms with Gasteiger partial charge in [-0.1, -0.05) is 18.2 Å². The van der Waals surface area contributed by atoms with Crippen molar-refractivity contribution in [3.63, 3.8) is 0 Å². The van der Waals surface area contributed by atoms with Crippen molar-refractivity contribution in [1.82, 2.24) is 4.98 Å². The molecule has 0 bridgehead atoms. The van der Waals surface area contributed by atoms with E-state index in [0.29, 0.717) is 0 Å². The van der Waals surface area contributed by atoms with Crippen molar-refractivity contribution in [2.75, 3.05) is 11.9 Å². The molecule has 104 valence electrons. The van der Waals surface area contributed by atoms with Crippen LogP contribution in [0.2, 0.25) is 0 Å². The van der Waals surface area contributed by atoms with Crippen LogP contribution in [0.1, 0.15) is 11.1 Å². The lowest BCUT2D eigenvalue weighted by atomic mass is 10.1. The van der Waals surface area contributed by atoms with Crippen molar-refractivity contribution < 1.29 is 4.74 Å². The maximum Gasteiger partial charge on any atom is 0.122 e. The summed E-state index contributed by atoms with van der Waals surface area (Å²) in [5, 5.41) is 4.63. The number of hydrogen-bond donors (Lipinski definition) is 1. The molecule has 4 rings (SSSR count). The molecular weight excluding hydrogens is 260 g/mol. The number of hydrogen-bond acceptors (Lipinski definition) is 3. The van der Waals surface area contributed by atoms with E-state index in [2.05, 4.69) is 46.7 Å². The molecule has 0 unspecified atom stereocenters. The zero-order valence-corrected chi connectivity index (χ0v) is 11.7. The standard InChI is InChI=1S/C18H16N2O/c1-2-14-11-16(4-5-17(14)19-8-1)20-12-13-3-6-18-15(10-13)7-9-21-18/h1-6,8,10-11,20H,7,9,12H2. The molecule has 0 radical (unpaired) electrons. The van der Waals surface area contributed by atoms with Gasteiger partial charge in [-0.2, -0.15) is 0 Å². The molecule has 2 heterocycles. The van der Waals surface area contributed by atoms with Crippen LogP contribution in [0.25, 0.3) is 10.9 Å². The number of pyridine rings is 1. The Balaban J connectivity index is 1.52. The van der Waals surface area contributed by atoms with E-state index in [-0.39, 0.29) is 0 Å². The van der Waals surface area contributed by atoms with Crippen LogP contribution in [-0.4, -0.2) is 11.6 Å². The van der Waals surface area contributed by atoms with Crippen molar-refractivity contribution >= 4 is 16.6 Å². The van der Waals surface area contributed by atoms with Gasteiger partial charge in [0.15, 0.2) is 0 Å². The molecule has 1 aliphatic heterocycles. The van der Waals surface area contributed by atoms with Gasteiger partial charge in [0.25, 0.3) is 0 Å². The quantitative estimate of drug-likeness (QED) is 0.790. The van der Waals surface area contributed by atoms with Crippen LogP contribution in [0.4, 0.5) is 5.69 Å². The van der Waals surface area contributed by atoms with E-state index in [4.69, 9.17) is 4.74 Å². The molecule has 0 aliphatic carbocycles. The second-order valence-electron chi connectivity index (χ2n) is 5.30. The first-order valence-electron chi connectivity index (χ1n) is 7.22. The van der Waals surface area contributed by atoms with E-state index in [1.165, 1.54) is 11.1 Å². The fourth-order valence-electron chi connectivity index (χ4n) is 2.74. The highest BCUT2D eigenvalue weighted by atomic mass is 16.5. The van der Waals surface area contributed by atoms with Crippen LogP contribution in [0.15, 0.2) is 54.7 Å². The lowest BCUT2D eigenvalue weighted by Gasteiger charge is -2.08. The number of nitrogens with one attached hydrogen (secondary N) is 1. The Morgan fingerprint density at radius 3 is 3.10 bits per heavy atom. The van der Waals surface area contributed by atoms with Gasteiger partial charge in [-0.3, -0.25) is 4.98 Å². The van der Waals surface area contributed by atoms with Gasteiger partial charge in [-0.05, 0) is 41.5 Å². The summed E-state index contributed by atoms with van der Waals surface area (Å²) >= 11 is 0. The maximum absolute atomic E-state index is 5.54. The summed E-state index contributed by atoms with van der Waals surface area (Å²) in [6.45, 7) is 1.63. The van der Waals surface area contributed by atoms with Gasteiger partial charge in [0, 0.05) is 30.2 Å². The molecule has 0 saturated heterocycles. The van der Waals surface area contributed by atoms with Crippen molar-refractivity contribution in [2.24, 2.45) is 0 Å². The molecule has 1 aliphatic rings.